The summed E-state index contributed by atoms with van der Waals surface area (Å²) in [6.07, 6.45) is 2.13. The molecule has 25 heavy (non-hydrogen) atoms. The molecule has 0 spiro atoms. The van der Waals surface area contributed by atoms with Crippen LogP contribution in [0, 0.1) is 0 Å². The number of ether oxygens (including phenoxy) is 1. The fourth-order valence-corrected chi connectivity index (χ4v) is 2.86. The second kappa shape index (κ2) is 7.21. The standard InChI is InChI=1S/C18H18N2O5/c1-12-9-13-5-2-3-6-14(13)20(12)16(21)11-25-17(22)10-19-18(23)15-7-4-8-24-15/h2-8,12H,9-11H2,1H3,(H,19,23)/t12-/m1/s1. The van der Waals surface area contributed by atoms with Crippen molar-refractivity contribution in [2.45, 2.75) is 19.4 Å². The van der Waals surface area contributed by atoms with Crippen molar-refractivity contribution in [2.75, 3.05) is 18.1 Å². The van der Waals surface area contributed by atoms with E-state index in [1.165, 1.54) is 12.3 Å². The number of nitrogens with one attached hydrogen (secondary N) is 1. The monoisotopic (exact) mass is 342 g/mol. The van der Waals surface area contributed by atoms with Gasteiger partial charge in [0.25, 0.3) is 11.8 Å². The third-order valence-electron chi connectivity index (χ3n) is 3.97. The number of amides is 2. The first-order valence-electron chi connectivity index (χ1n) is 7.93. The van der Waals surface area contributed by atoms with Crippen molar-refractivity contribution in [1.82, 2.24) is 5.32 Å². The first-order chi connectivity index (χ1) is 12.1. The minimum atomic E-state index is -0.687. The molecule has 2 aromatic rings. The first kappa shape index (κ1) is 16.8. The molecule has 1 aromatic carbocycles. The van der Waals surface area contributed by atoms with Crippen molar-refractivity contribution in [2.24, 2.45) is 0 Å². The number of rotatable bonds is 5. The van der Waals surface area contributed by atoms with E-state index in [0.717, 1.165) is 17.7 Å². The van der Waals surface area contributed by atoms with Gasteiger partial charge in [-0.2, -0.15) is 0 Å². The van der Waals surface area contributed by atoms with Gasteiger partial charge in [-0.3, -0.25) is 14.4 Å². The minimum Gasteiger partial charge on any atom is -0.459 e. The van der Waals surface area contributed by atoms with Crippen molar-refractivity contribution in [3.05, 3.63) is 54.0 Å². The average molecular weight is 342 g/mol. The highest BCUT2D eigenvalue weighted by Crippen LogP contribution is 2.31. The van der Waals surface area contributed by atoms with Crippen LogP contribution in [-0.2, 0) is 20.7 Å². The zero-order valence-electron chi connectivity index (χ0n) is 13.7. The van der Waals surface area contributed by atoms with Crippen LogP contribution in [-0.4, -0.2) is 37.0 Å². The molecule has 0 radical (unpaired) electrons. The predicted molar refractivity (Wildman–Crippen MR) is 89.1 cm³/mol. The molecule has 1 atom stereocenters. The molecule has 1 aliphatic heterocycles. The van der Waals surface area contributed by atoms with Gasteiger partial charge in [-0.25, -0.2) is 0 Å². The molecule has 1 aliphatic rings. The number of nitrogens with zero attached hydrogens (tertiary/aromatic N) is 1. The van der Waals surface area contributed by atoms with E-state index in [-0.39, 0.29) is 30.9 Å². The average Bonchev–Trinajstić information content (AvgIpc) is 3.24. The van der Waals surface area contributed by atoms with Crippen LogP contribution >= 0.6 is 0 Å². The lowest BCUT2D eigenvalue weighted by Crippen LogP contribution is -2.39. The van der Waals surface area contributed by atoms with Crippen molar-refractivity contribution >= 4 is 23.5 Å². The molecule has 0 fully saturated rings. The van der Waals surface area contributed by atoms with Crippen molar-refractivity contribution in [3.63, 3.8) is 0 Å². The van der Waals surface area contributed by atoms with Gasteiger partial charge in [0.15, 0.2) is 12.4 Å². The summed E-state index contributed by atoms with van der Waals surface area (Å²) in [7, 11) is 0. The van der Waals surface area contributed by atoms with Gasteiger partial charge in [0.05, 0.1) is 6.26 Å². The molecule has 7 heteroatoms. The van der Waals surface area contributed by atoms with Crippen molar-refractivity contribution < 1.29 is 23.5 Å². The Balaban J connectivity index is 1.49. The summed E-state index contributed by atoms with van der Waals surface area (Å²) < 4.78 is 9.89. The Kier molecular flexibility index (Phi) is 4.83. The zero-order valence-corrected chi connectivity index (χ0v) is 13.7. The molecule has 3 rings (SSSR count). The van der Waals surface area contributed by atoms with Gasteiger partial charge in [0.1, 0.15) is 6.54 Å². The highest BCUT2D eigenvalue weighted by molar-refractivity contribution is 5.98. The topological polar surface area (TPSA) is 88.9 Å². The number of esters is 1. The summed E-state index contributed by atoms with van der Waals surface area (Å²) in [6.45, 7) is 1.25. The number of anilines is 1. The molecule has 7 nitrogen and oxygen atoms in total. The van der Waals surface area contributed by atoms with Crippen LogP contribution in [0.5, 0.6) is 0 Å². The Morgan fingerprint density at radius 1 is 1.24 bits per heavy atom. The Hall–Kier alpha value is -3.09. The molecule has 0 aliphatic carbocycles. The Morgan fingerprint density at radius 3 is 2.80 bits per heavy atom. The van der Waals surface area contributed by atoms with E-state index in [0.29, 0.717) is 0 Å². The fourth-order valence-electron chi connectivity index (χ4n) is 2.86. The van der Waals surface area contributed by atoms with E-state index < -0.39 is 11.9 Å². The van der Waals surface area contributed by atoms with Gasteiger partial charge in [-0.1, -0.05) is 18.2 Å². The molecule has 1 aromatic heterocycles. The van der Waals surface area contributed by atoms with Gasteiger partial charge in [0, 0.05) is 11.7 Å². The third kappa shape index (κ3) is 3.71. The summed E-state index contributed by atoms with van der Waals surface area (Å²) in [4.78, 5) is 37.4. The predicted octanol–water partition coefficient (Wildman–Crippen LogP) is 1.53. The van der Waals surface area contributed by atoms with E-state index in [2.05, 4.69) is 5.32 Å². The number of carbonyl (C=O) groups excluding carboxylic acids is 3. The Morgan fingerprint density at radius 2 is 2.04 bits per heavy atom. The minimum absolute atomic E-state index is 0.0160. The van der Waals surface area contributed by atoms with Crippen LogP contribution < -0.4 is 10.2 Å². The smallest absolute Gasteiger partial charge is 0.325 e. The van der Waals surface area contributed by atoms with Crippen LogP contribution in [0.2, 0.25) is 0 Å². The van der Waals surface area contributed by atoms with E-state index in [1.807, 2.05) is 31.2 Å². The molecule has 0 bridgehead atoms. The fraction of sp³-hybridized carbons (Fsp3) is 0.278. The lowest BCUT2D eigenvalue weighted by molar-refractivity contribution is -0.146. The number of para-hydroxylation sites is 1. The van der Waals surface area contributed by atoms with E-state index in [9.17, 15) is 14.4 Å². The third-order valence-corrected chi connectivity index (χ3v) is 3.97. The van der Waals surface area contributed by atoms with Crippen LogP contribution in [0.3, 0.4) is 0 Å². The highest BCUT2D eigenvalue weighted by atomic mass is 16.5. The van der Waals surface area contributed by atoms with Crippen molar-refractivity contribution in [1.29, 1.82) is 0 Å². The summed E-state index contributed by atoms with van der Waals surface area (Å²) in [5.41, 5.74) is 1.95. The lowest BCUT2D eigenvalue weighted by Gasteiger charge is -2.22. The number of hydrogen-bond donors (Lipinski definition) is 1. The number of furan rings is 1. The van der Waals surface area contributed by atoms with Crippen LogP contribution in [0.15, 0.2) is 47.1 Å². The van der Waals surface area contributed by atoms with Crippen LogP contribution in [0.4, 0.5) is 5.69 Å². The highest BCUT2D eigenvalue weighted by Gasteiger charge is 2.30. The molecular formula is C18H18N2O5. The largest absolute Gasteiger partial charge is 0.459 e. The number of benzene rings is 1. The van der Waals surface area contributed by atoms with Crippen LogP contribution in [0.1, 0.15) is 23.0 Å². The van der Waals surface area contributed by atoms with Gasteiger partial charge < -0.3 is 19.4 Å². The van der Waals surface area contributed by atoms with Gasteiger partial charge >= 0.3 is 5.97 Å². The summed E-state index contributed by atoms with van der Waals surface area (Å²) in [5.74, 6) is -1.39. The Labute approximate surface area is 144 Å². The number of hydrogen-bond acceptors (Lipinski definition) is 5. The quantitative estimate of drug-likeness (QED) is 0.833. The molecule has 2 amide bonds. The van der Waals surface area contributed by atoms with Gasteiger partial charge in [-0.15, -0.1) is 0 Å². The second-order valence-electron chi connectivity index (χ2n) is 5.77. The maximum atomic E-state index is 12.4. The molecule has 1 N–H and O–H groups in total. The molecule has 0 saturated carbocycles. The molecule has 0 saturated heterocycles. The Bertz CT molecular complexity index is 785. The maximum absolute atomic E-state index is 12.4. The number of fused-ring (bicyclic) bond motifs is 1. The summed E-state index contributed by atoms with van der Waals surface area (Å²) in [5, 5.41) is 2.37. The molecule has 0 unspecified atom stereocenters. The first-order valence-corrected chi connectivity index (χ1v) is 7.93. The SMILES string of the molecule is C[C@@H]1Cc2ccccc2N1C(=O)COC(=O)CNC(=O)c1ccco1. The van der Waals surface area contributed by atoms with Crippen molar-refractivity contribution in [3.8, 4) is 0 Å². The maximum Gasteiger partial charge on any atom is 0.325 e. The van der Waals surface area contributed by atoms with Gasteiger partial charge in [-0.05, 0) is 37.1 Å². The normalized spacial score (nSPS) is 15.6. The van der Waals surface area contributed by atoms with Crippen LogP contribution in [0.25, 0.3) is 0 Å². The molecule has 130 valence electrons. The summed E-state index contributed by atoms with van der Waals surface area (Å²) >= 11 is 0. The second-order valence-corrected chi connectivity index (χ2v) is 5.77. The van der Waals surface area contributed by atoms with Gasteiger partial charge in [0.2, 0.25) is 0 Å². The zero-order chi connectivity index (χ0) is 17.8. The lowest BCUT2D eigenvalue weighted by atomic mass is 10.1. The summed E-state index contributed by atoms with van der Waals surface area (Å²) in [6, 6.07) is 10.7. The van der Waals surface area contributed by atoms with E-state index in [1.54, 1.807) is 11.0 Å². The number of carbonyl (C=O) groups is 3. The molecule has 2 heterocycles. The molecular weight excluding hydrogens is 324 g/mol. The van der Waals surface area contributed by atoms with E-state index in [4.69, 9.17) is 9.15 Å². The van der Waals surface area contributed by atoms with E-state index >= 15 is 0 Å².